The van der Waals surface area contributed by atoms with Crippen molar-refractivity contribution in [2.75, 3.05) is 13.7 Å². The number of primary amides is 1. The Morgan fingerprint density at radius 2 is 2.24 bits per heavy atom. The Morgan fingerprint density at radius 3 is 2.86 bits per heavy atom. The lowest BCUT2D eigenvalue weighted by molar-refractivity contribution is -0.125. The SMILES string of the molecule is CNC1(C(N)=O)CCCC1CCOc1ccc(F)c(F)c1. The molecule has 4 nitrogen and oxygen atoms in total. The van der Waals surface area contributed by atoms with Crippen LogP contribution in [-0.2, 0) is 4.79 Å². The average Bonchev–Trinajstić information content (AvgIpc) is 2.87. The first-order valence-corrected chi connectivity index (χ1v) is 7.06. The van der Waals surface area contributed by atoms with Gasteiger partial charge in [-0.25, -0.2) is 8.78 Å². The van der Waals surface area contributed by atoms with E-state index in [-0.39, 0.29) is 17.6 Å². The van der Waals surface area contributed by atoms with Crippen LogP contribution in [0.15, 0.2) is 18.2 Å². The van der Waals surface area contributed by atoms with Crippen molar-refractivity contribution in [1.82, 2.24) is 5.32 Å². The molecule has 0 heterocycles. The molecule has 1 aliphatic carbocycles. The van der Waals surface area contributed by atoms with E-state index in [1.54, 1.807) is 7.05 Å². The summed E-state index contributed by atoms with van der Waals surface area (Å²) < 4.78 is 31.3. The number of likely N-dealkylation sites (N-methyl/N-ethyl adjacent to an activating group) is 1. The molecular formula is C15H20F2N2O2. The highest BCUT2D eigenvalue weighted by molar-refractivity contribution is 5.85. The Kier molecular flexibility index (Phi) is 4.77. The Morgan fingerprint density at radius 1 is 1.48 bits per heavy atom. The van der Waals surface area contributed by atoms with Gasteiger partial charge in [-0.3, -0.25) is 4.79 Å². The van der Waals surface area contributed by atoms with Crippen LogP contribution in [-0.4, -0.2) is 25.1 Å². The molecule has 2 rings (SSSR count). The van der Waals surface area contributed by atoms with Gasteiger partial charge in [-0.1, -0.05) is 6.42 Å². The molecule has 0 aromatic heterocycles. The van der Waals surface area contributed by atoms with E-state index in [9.17, 15) is 13.6 Å². The van der Waals surface area contributed by atoms with Gasteiger partial charge in [0.2, 0.25) is 5.91 Å². The maximum Gasteiger partial charge on any atom is 0.238 e. The molecule has 6 heteroatoms. The number of carbonyl (C=O) groups excluding carboxylic acids is 1. The van der Waals surface area contributed by atoms with Crippen LogP contribution in [0.1, 0.15) is 25.7 Å². The van der Waals surface area contributed by atoms with Crippen LogP contribution in [0.3, 0.4) is 0 Å². The molecule has 0 spiro atoms. The average molecular weight is 298 g/mol. The van der Waals surface area contributed by atoms with Crippen LogP contribution >= 0.6 is 0 Å². The van der Waals surface area contributed by atoms with Crippen LogP contribution in [0.4, 0.5) is 8.78 Å². The molecule has 1 aromatic rings. The molecule has 1 fully saturated rings. The van der Waals surface area contributed by atoms with Gasteiger partial charge in [0.05, 0.1) is 6.61 Å². The van der Waals surface area contributed by atoms with E-state index in [2.05, 4.69) is 5.32 Å². The zero-order chi connectivity index (χ0) is 15.5. The van der Waals surface area contributed by atoms with Gasteiger partial charge in [-0.15, -0.1) is 0 Å². The smallest absolute Gasteiger partial charge is 0.238 e. The number of nitrogens with one attached hydrogen (secondary N) is 1. The van der Waals surface area contributed by atoms with Gasteiger partial charge in [0.15, 0.2) is 11.6 Å². The van der Waals surface area contributed by atoms with E-state index in [1.165, 1.54) is 6.07 Å². The molecule has 0 aliphatic heterocycles. The Bertz CT molecular complexity index is 524. The monoisotopic (exact) mass is 298 g/mol. The van der Waals surface area contributed by atoms with Gasteiger partial charge < -0.3 is 15.8 Å². The zero-order valence-electron chi connectivity index (χ0n) is 12.0. The molecule has 3 N–H and O–H groups in total. The number of hydrogen-bond acceptors (Lipinski definition) is 3. The number of halogens is 2. The summed E-state index contributed by atoms with van der Waals surface area (Å²) in [5.41, 5.74) is 4.84. The topological polar surface area (TPSA) is 64.3 Å². The third-order valence-corrected chi connectivity index (χ3v) is 4.33. The molecule has 2 unspecified atom stereocenters. The van der Waals surface area contributed by atoms with Crippen molar-refractivity contribution >= 4 is 5.91 Å². The third kappa shape index (κ3) is 3.15. The summed E-state index contributed by atoms with van der Waals surface area (Å²) in [4.78, 5) is 11.7. The second kappa shape index (κ2) is 6.39. The number of rotatable bonds is 6. The van der Waals surface area contributed by atoms with Crippen molar-refractivity contribution in [2.45, 2.75) is 31.2 Å². The van der Waals surface area contributed by atoms with E-state index in [4.69, 9.17) is 10.5 Å². The molecule has 0 radical (unpaired) electrons. The molecule has 1 amide bonds. The fourth-order valence-corrected chi connectivity index (χ4v) is 3.13. The first-order valence-electron chi connectivity index (χ1n) is 7.06. The molecule has 21 heavy (non-hydrogen) atoms. The second-order valence-corrected chi connectivity index (χ2v) is 5.39. The minimum Gasteiger partial charge on any atom is -0.493 e. The fraction of sp³-hybridized carbons (Fsp3) is 0.533. The lowest BCUT2D eigenvalue weighted by atomic mass is 9.84. The summed E-state index contributed by atoms with van der Waals surface area (Å²) in [6.07, 6.45) is 3.17. The molecule has 0 saturated heterocycles. The van der Waals surface area contributed by atoms with Crippen LogP contribution in [0, 0.1) is 17.6 Å². The molecule has 2 atom stereocenters. The Labute approximate surface area is 122 Å². The van der Waals surface area contributed by atoms with Crippen molar-refractivity contribution in [3.63, 3.8) is 0 Å². The van der Waals surface area contributed by atoms with E-state index >= 15 is 0 Å². The number of hydrogen-bond donors (Lipinski definition) is 2. The van der Waals surface area contributed by atoms with Crippen molar-refractivity contribution in [2.24, 2.45) is 11.7 Å². The zero-order valence-corrected chi connectivity index (χ0v) is 12.0. The summed E-state index contributed by atoms with van der Waals surface area (Å²) in [5, 5.41) is 3.05. The number of carbonyl (C=O) groups is 1. The van der Waals surface area contributed by atoms with Gasteiger partial charge >= 0.3 is 0 Å². The van der Waals surface area contributed by atoms with Gasteiger partial charge in [0.25, 0.3) is 0 Å². The Balaban J connectivity index is 1.93. The molecule has 1 aliphatic rings. The highest BCUT2D eigenvalue weighted by atomic mass is 19.2. The normalized spacial score (nSPS) is 25.0. The molecule has 116 valence electrons. The number of ether oxygens (including phenoxy) is 1. The molecular weight excluding hydrogens is 278 g/mol. The standard InChI is InChI=1S/C15H20F2N2O2/c1-19-15(14(18)20)7-2-3-10(15)6-8-21-11-4-5-12(16)13(17)9-11/h4-5,9-10,19H,2-3,6-8H2,1H3,(H2,18,20). The van der Waals surface area contributed by atoms with Crippen molar-refractivity contribution in [3.8, 4) is 5.75 Å². The van der Waals surface area contributed by atoms with Crippen LogP contribution < -0.4 is 15.8 Å². The summed E-state index contributed by atoms with van der Waals surface area (Å²) >= 11 is 0. The third-order valence-electron chi connectivity index (χ3n) is 4.33. The lowest BCUT2D eigenvalue weighted by Gasteiger charge is -2.32. The number of benzene rings is 1. The lowest BCUT2D eigenvalue weighted by Crippen LogP contribution is -2.56. The molecule has 1 aromatic carbocycles. The summed E-state index contributed by atoms with van der Waals surface area (Å²) in [6.45, 7) is 0.326. The van der Waals surface area contributed by atoms with Crippen molar-refractivity contribution < 1.29 is 18.3 Å². The van der Waals surface area contributed by atoms with E-state index in [1.807, 2.05) is 0 Å². The number of amides is 1. The van der Waals surface area contributed by atoms with E-state index < -0.39 is 17.2 Å². The summed E-state index contributed by atoms with van der Waals surface area (Å²) in [5.74, 6) is -1.82. The van der Waals surface area contributed by atoms with Crippen LogP contribution in [0.2, 0.25) is 0 Å². The highest BCUT2D eigenvalue weighted by Gasteiger charge is 2.46. The maximum atomic E-state index is 13.1. The second-order valence-electron chi connectivity index (χ2n) is 5.39. The Hall–Kier alpha value is -1.69. The number of nitrogens with two attached hydrogens (primary N) is 1. The minimum atomic E-state index is -0.935. The summed E-state index contributed by atoms with van der Waals surface area (Å²) in [7, 11) is 1.74. The largest absolute Gasteiger partial charge is 0.493 e. The van der Waals surface area contributed by atoms with Crippen molar-refractivity contribution in [3.05, 3.63) is 29.8 Å². The first kappa shape index (κ1) is 15.7. The molecule has 0 bridgehead atoms. The maximum absolute atomic E-state index is 13.1. The predicted molar refractivity (Wildman–Crippen MR) is 74.8 cm³/mol. The highest BCUT2D eigenvalue weighted by Crippen LogP contribution is 2.37. The van der Waals surface area contributed by atoms with Gasteiger partial charge in [0.1, 0.15) is 11.3 Å². The van der Waals surface area contributed by atoms with Gasteiger partial charge in [-0.05, 0) is 44.4 Å². The van der Waals surface area contributed by atoms with Crippen molar-refractivity contribution in [1.29, 1.82) is 0 Å². The first-order chi connectivity index (χ1) is 9.99. The minimum absolute atomic E-state index is 0.0882. The van der Waals surface area contributed by atoms with Gasteiger partial charge in [-0.2, -0.15) is 0 Å². The van der Waals surface area contributed by atoms with Gasteiger partial charge in [0, 0.05) is 6.07 Å². The van der Waals surface area contributed by atoms with E-state index in [0.29, 0.717) is 19.4 Å². The van der Waals surface area contributed by atoms with Crippen LogP contribution in [0.5, 0.6) is 5.75 Å². The molecule has 1 saturated carbocycles. The van der Waals surface area contributed by atoms with Crippen LogP contribution in [0.25, 0.3) is 0 Å². The fourth-order valence-electron chi connectivity index (χ4n) is 3.13. The van der Waals surface area contributed by atoms with E-state index in [0.717, 1.165) is 25.0 Å². The predicted octanol–water partition coefficient (Wildman–Crippen LogP) is 1.98. The quantitative estimate of drug-likeness (QED) is 0.844. The summed E-state index contributed by atoms with van der Waals surface area (Å²) in [6, 6.07) is 3.43.